The molecule has 0 aliphatic heterocycles. The van der Waals surface area contributed by atoms with E-state index in [1.165, 1.54) is 12.1 Å². The smallest absolute Gasteiger partial charge is 0.255 e. The number of hydrogen-bond acceptors (Lipinski definition) is 3. The standard InChI is InChI=1S/C20H19FN2O2/c1-12-10-17(16-8-5-14(21)11-18(16)22-12)20(24)23(15-6-7-15)13(2)19-4-3-9-25-19/h3-5,8-11,13,15H,6-7H2,1-2H3. The molecule has 4 nitrogen and oxygen atoms in total. The highest BCUT2D eigenvalue weighted by Crippen LogP contribution is 2.36. The Kier molecular flexibility index (Phi) is 3.79. The Balaban J connectivity index is 1.80. The average molecular weight is 338 g/mol. The second-order valence-corrected chi connectivity index (χ2v) is 6.61. The largest absolute Gasteiger partial charge is 0.467 e. The molecule has 0 radical (unpaired) electrons. The van der Waals surface area contributed by atoms with Crippen molar-refractivity contribution in [1.82, 2.24) is 9.88 Å². The molecule has 2 heterocycles. The Morgan fingerprint density at radius 2 is 2.12 bits per heavy atom. The van der Waals surface area contributed by atoms with Crippen molar-refractivity contribution in [3.8, 4) is 0 Å². The lowest BCUT2D eigenvalue weighted by atomic mass is 10.0. The van der Waals surface area contributed by atoms with E-state index < -0.39 is 0 Å². The zero-order chi connectivity index (χ0) is 17.6. The maximum atomic E-state index is 13.6. The summed E-state index contributed by atoms with van der Waals surface area (Å²) < 4.78 is 19.1. The summed E-state index contributed by atoms with van der Waals surface area (Å²) in [5, 5.41) is 0.675. The molecule has 3 aromatic rings. The molecule has 128 valence electrons. The highest BCUT2D eigenvalue weighted by Gasteiger charge is 2.38. The van der Waals surface area contributed by atoms with E-state index in [1.54, 1.807) is 18.4 Å². The predicted octanol–water partition coefficient (Wildman–Crippen LogP) is 4.64. The molecule has 1 amide bonds. The van der Waals surface area contributed by atoms with Crippen molar-refractivity contribution in [1.29, 1.82) is 0 Å². The van der Waals surface area contributed by atoms with E-state index >= 15 is 0 Å². The Morgan fingerprint density at radius 1 is 1.32 bits per heavy atom. The number of benzene rings is 1. The van der Waals surface area contributed by atoms with E-state index in [1.807, 2.05) is 30.9 Å². The molecule has 2 aromatic heterocycles. The fourth-order valence-electron chi connectivity index (χ4n) is 3.33. The average Bonchev–Trinajstić information content (AvgIpc) is 3.25. The summed E-state index contributed by atoms with van der Waals surface area (Å²) >= 11 is 0. The summed E-state index contributed by atoms with van der Waals surface area (Å²) in [5.74, 6) is 0.349. The SMILES string of the molecule is Cc1cc(C(=O)N(C2CC2)C(C)c2ccco2)c2ccc(F)cc2n1. The van der Waals surface area contributed by atoms with Gasteiger partial charge >= 0.3 is 0 Å². The third-order valence-corrected chi connectivity index (χ3v) is 4.68. The van der Waals surface area contributed by atoms with Crippen molar-refractivity contribution in [2.24, 2.45) is 0 Å². The number of fused-ring (bicyclic) bond motifs is 1. The first kappa shape index (κ1) is 15.8. The Morgan fingerprint density at radius 3 is 2.80 bits per heavy atom. The lowest BCUT2D eigenvalue weighted by Gasteiger charge is -2.28. The lowest BCUT2D eigenvalue weighted by molar-refractivity contribution is 0.0654. The molecule has 1 aliphatic rings. The third-order valence-electron chi connectivity index (χ3n) is 4.68. The number of carbonyl (C=O) groups excluding carboxylic acids is 1. The third kappa shape index (κ3) is 2.90. The first-order chi connectivity index (χ1) is 12.0. The number of hydrogen-bond donors (Lipinski definition) is 0. The Bertz CT molecular complexity index is 927. The van der Waals surface area contributed by atoms with E-state index in [2.05, 4.69) is 4.98 Å². The van der Waals surface area contributed by atoms with E-state index in [4.69, 9.17) is 4.42 Å². The molecule has 0 N–H and O–H groups in total. The first-order valence-corrected chi connectivity index (χ1v) is 8.47. The molecule has 1 atom stereocenters. The number of rotatable bonds is 4. The highest BCUT2D eigenvalue weighted by atomic mass is 19.1. The molecule has 1 saturated carbocycles. The molecule has 5 heteroatoms. The molecule has 0 bridgehead atoms. The maximum absolute atomic E-state index is 13.6. The van der Waals surface area contributed by atoms with E-state index in [-0.39, 0.29) is 23.8 Å². The fraction of sp³-hybridized carbons (Fsp3) is 0.300. The predicted molar refractivity (Wildman–Crippen MR) is 92.8 cm³/mol. The molecule has 1 fully saturated rings. The van der Waals surface area contributed by atoms with Crippen LogP contribution in [-0.4, -0.2) is 21.8 Å². The van der Waals surface area contributed by atoms with Crippen LogP contribution in [0.25, 0.3) is 10.9 Å². The van der Waals surface area contributed by atoms with Gasteiger partial charge in [0, 0.05) is 23.2 Å². The van der Waals surface area contributed by atoms with E-state index in [0.717, 1.165) is 18.6 Å². The van der Waals surface area contributed by atoms with Crippen LogP contribution in [0.3, 0.4) is 0 Å². The fourth-order valence-corrected chi connectivity index (χ4v) is 3.33. The molecular weight excluding hydrogens is 319 g/mol. The van der Waals surface area contributed by atoms with Gasteiger partial charge in [0.2, 0.25) is 0 Å². The molecule has 1 aliphatic carbocycles. The molecule has 0 spiro atoms. The molecular formula is C20H19FN2O2. The second kappa shape index (κ2) is 5.99. The van der Waals surface area contributed by atoms with Crippen LogP contribution < -0.4 is 0 Å². The van der Waals surface area contributed by atoms with Gasteiger partial charge in [0.25, 0.3) is 5.91 Å². The number of amides is 1. The van der Waals surface area contributed by atoms with Gasteiger partial charge in [-0.1, -0.05) is 0 Å². The van der Waals surface area contributed by atoms with Crippen LogP contribution in [0.2, 0.25) is 0 Å². The number of pyridine rings is 1. The molecule has 0 saturated heterocycles. The minimum absolute atomic E-state index is 0.0616. The van der Waals surface area contributed by atoms with Crippen molar-refractivity contribution in [3.05, 3.63) is 65.5 Å². The normalized spacial score (nSPS) is 15.3. The van der Waals surface area contributed by atoms with Crippen LogP contribution in [0, 0.1) is 12.7 Å². The molecule has 1 unspecified atom stereocenters. The molecule has 4 rings (SSSR count). The minimum atomic E-state index is -0.355. The van der Waals surface area contributed by atoms with Gasteiger partial charge in [-0.2, -0.15) is 0 Å². The number of nitrogens with zero attached hydrogens (tertiary/aromatic N) is 2. The van der Waals surface area contributed by atoms with Crippen LogP contribution >= 0.6 is 0 Å². The van der Waals surface area contributed by atoms with E-state index in [0.29, 0.717) is 22.2 Å². The summed E-state index contributed by atoms with van der Waals surface area (Å²) in [4.78, 5) is 19.6. The Hall–Kier alpha value is -2.69. The number of aryl methyl sites for hydroxylation is 1. The summed E-state index contributed by atoms with van der Waals surface area (Å²) in [6.07, 6.45) is 3.61. The van der Waals surface area contributed by atoms with Crippen molar-refractivity contribution >= 4 is 16.8 Å². The summed E-state index contributed by atoms with van der Waals surface area (Å²) in [5.41, 5.74) is 1.76. The monoisotopic (exact) mass is 338 g/mol. The van der Waals surface area contributed by atoms with Crippen LogP contribution in [0.5, 0.6) is 0 Å². The van der Waals surface area contributed by atoms with Crippen LogP contribution in [0.4, 0.5) is 4.39 Å². The quantitative estimate of drug-likeness (QED) is 0.696. The number of aromatic nitrogens is 1. The summed E-state index contributed by atoms with van der Waals surface area (Å²) in [6.45, 7) is 3.80. The van der Waals surface area contributed by atoms with Gasteiger partial charge in [0.1, 0.15) is 11.6 Å². The first-order valence-electron chi connectivity index (χ1n) is 8.47. The zero-order valence-electron chi connectivity index (χ0n) is 14.2. The van der Waals surface area contributed by atoms with Crippen LogP contribution in [0.1, 0.15) is 47.6 Å². The second-order valence-electron chi connectivity index (χ2n) is 6.61. The van der Waals surface area contributed by atoms with Gasteiger partial charge in [0.05, 0.1) is 23.4 Å². The lowest BCUT2D eigenvalue weighted by Crippen LogP contribution is -2.35. The van der Waals surface area contributed by atoms with Crippen molar-refractivity contribution < 1.29 is 13.6 Å². The van der Waals surface area contributed by atoms with Gasteiger partial charge in [-0.25, -0.2) is 4.39 Å². The number of carbonyl (C=O) groups is 1. The van der Waals surface area contributed by atoms with Crippen LogP contribution in [-0.2, 0) is 0 Å². The summed E-state index contributed by atoms with van der Waals surface area (Å²) in [6, 6.07) is 9.94. The highest BCUT2D eigenvalue weighted by molar-refractivity contribution is 6.06. The zero-order valence-corrected chi connectivity index (χ0v) is 14.2. The molecule has 1 aromatic carbocycles. The van der Waals surface area contributed by atoms with Crippen LogP contribution in [0.15, 0.2) is 47.1 Å². The van der Waals surface area contributed by atoms with Gasteiger partial charge < -0.3 is 9.32 Å². The van der Waals surface area contributed by atoms with Crippen molar-refractivity contribution in [2.45, 2.75) is 38.8 Å². The number of furan rings is 1. The van der Waals surface area contributed by atoms with Gasteiger partial charge in [-0.3, -0.25) is 9.78 Å². The molecule has 25 heavy (non-hydrogen) atoms. The van der Waals surface area contributed by atoms with Crippen molar-refractivity contribution in [2.75, 3.05) is 0 Å². The van der Waals surface area contributed by atoms with Crippen molar-refractivity contribution in [3.63, 3.8) is 0 Å². The van der Waals surface area contributed by atoms with Gasteiger partial charge in [0.15, 0.2) is 0 Å². The number of halogens is 1. The Labute approximate surface area is 145 Å². The minimum Gasteiger partial charge on any atom is -0.467 e. The topological polar surface area (TPSA) is 46.3 Å². The van der Waals surface area contributed by atoms with Gasteiger partial charge in [-0.05, 0) is 57.0 Å². The van der Waals surface area contributed by atoms with Gasteiger partial charge in [-0.15, -0.1) is 0 Å². The summed E-state index contributed by atoms with van der Waals surface area (Å²) in [7, 11) is 0. The maximum Gasteiger partial charge on any atom is 0.255 e. The van der Waals surface area contributed by atoms with E-state index in [9.17, 15) is 9.18 Å².